The molecule has 3 aromatic rings. The molecule has 3 N–H and O–H groups in total. The quantitative estimate of drug-likeness (QED) is 0.509. The Morgan fingerprint density at radius 3 is 2.79 bits per heavy atom. The molecule has 1 amide bonds. The number of hydrogen-bond donors (Lipinski definition) is 3. The number of nitrogens with one attached hydrogen (secondary N) is 2. The van der Waals surface area contributed by atoms with Crippen molar-refractivity contribution < 1.29 is 14.3 Å². The lowest BCUT2D eigenvalue weighted by molar-refractivity contribution is -0.00177. The van der Waals surface area contributed by atoms with E-state index >= 15 is 0 Å². The molecule has 1 fully saturated rings. The van der Waals surface area contributed by atoms with Crippen LogP contribution in [0.4, 0.5) is 10.1 Å². The van der Waals surface area contributed by atoms with E-state index in [0.717, 1.165) is 24.1 Å². The van der Waals surface area contributed by atoms with E-state index < -0.39 is 17.7 Å². The Bertz CT molecular complexity index is 1220. The Morgan fingerprint density at radius 1 is 1.36 bits per heavy atom. The van der Waals surface area contributed by atoms with Gasteiger partial charge in [0.05, 0.1) is 52.1 Å². The molecule has 4 rings (SSSR count). The maximum atomic E-state index is 14.1. The summed E-state index contributed by atoms with van der Waals surface area (Å²) >= 11 is 0. The lowest BCUT2D eigenvalue weighted by Crippen LogP contribution is -2.42. The molecule has 3 heterocycles. The van der Waals surface area contributed by atoms with Crippen molar-refractivity contribution in [3.63, 3.8) is 0 Å². The van der Waals surface area contributed by atoms with E-state index in [9.17, 15) is 14.3 Å². The zero-order valence-electron chi connectivity index (χ0n) is 18.8. The molecule has 0 radical (unpaired) electrons. The molecule has 3 aromatic heterocycles. The van der Waals surface area contributed by atoms with Gasteiger partial charge in [-0.3, -0.25) is 9.78 Å². The fraction of sp³-hybridized carbons (Fsp3) is 0.417. The van der Waals surface area contributed by atoms with Crippen molar-refractivity contribution in [1.29, 1.82) is 5.26 Å². The first kappa shape index (κ1) is 22.7. The summed E-state index contributed by atoms with van der Waals surface area (Å²) < 4.78 is 15.8. The molecule has 172 valence electrons. The topological polar surface area (TPSA) is 115 Å². The number of pyridine rings is 1. The smallest absolute Gasteiger partial charge is 0.255 e. The number of carbonyl (C=O) groups excluding carboxylic acids is 1. The molecule has 0 aromatic carbocycles. The minimum atomic E-state index is -1.60. The van der Waals surface area contributed by atoms with E-state index in [2.05, 4.69) is 33.7 Å². The van der Waals surface area contributed by atoms with Crippen LogP contribution in [0.15, 0.2) is 36.7 Å². The third-order valence-electron chi connectivity index (χ3n) is 5.98. The van der Waals surface area contributed by atoms with Crippen LogP contribution in [0.1, 0.15) is 49.5 Å². The summed E-state index contributed by atoms with van der Waals surface area (Å²) in [5.41, 5.74) is 1.92. The molecule has 0 bridgehead atoms. The highest BCUT2D eigenvalue weighted by atomic mass is 19.1. The average molecular weight is 451 g/mol. The molecule has 33 heavy (non-hydrogen) atoms. The molecule has 1 aliphatic rings. The number of alkyl halides is 1. The van der Waals surface area contributed by atoms with Crippen molar-refractivity contribution in [3.8, 4) is 17.5 Å². The van der Waals surface area contributed by atoms with Crippen LogP contribution in [0.25, 0.3) is 16.9 Å². The molecular formula is C24H27FN6O2. The first-order chi connectivity index (χ1) is 15.7. The lowest BCUT2D eigenvalue weighted by atomic mass is 9.81. The summed E-state index contributed by atoms with van der Waals surface area (Å²) in [5.74, 6) is 0.154. The number of rotatable bonds is 7. The molecular weight excluding hydrogens is 423 g/mol. The van der Waals surface area contributed by atoms with Gasteiger partial charge < -0.3 is 15.7 Å². The number of anilines is 1. The normalized spacial score (nSPS) is 18.9. The Balaban J connectivity index is 1.64. The van der Waals surface area contributed by atoms with Crippen molar-refractivity contribution in [3.05, 3.63) is 47.8 Å². The van der Waals surface area contributed by atoms with E-state index in [4.69, 9.17) is 5.26 Å². The largest absolute Gasteiger partial charge is 0.387 e. The van der Waals surface area contributed by atoms with Gasteiger partial charge >= 0.3 is 0 Å². The van der Waals surface area contributed by atoms with Crippen molar-refractivity contribution in [1.82, 2.24) is 19.9 Å². The molecule has 8 nitrogen and oxygen atoms in total. The number of nitrogens with zero attached hydrogens (tertiary/aromatic N) is 4. The van der Waals surface area contributed by atoms with Gasteiger partial charge in [-0.1, -0.05) is 6.92 Å². The maximum Gasteiger partial charge on any atom is 0.255 e. The number of carbonyl (C=O) groups is 1. The van der Waals surface area contributed by atoms with Gasteiger partial charge in [-0.25, -0.2) is 8.91 Å². The predicted octanol–water partition coefficient (Wildman–Crippen LogP) is 3.32. The Hall–Kier alpha value is -3.51. The zero-order chi connectivity index (χ0) is 23.8. The highest BCUT2D eigenvalue weighted by molar-refractivity contribution is 6.00. The molecule has 1 aliphatic carbocycles. The fourth-order valence-electron chi connectivity index (χ4n) is 3.92. The molecule has 0 saturated heterocycles. The van der Waals surface area contributed by atoms with Crippen LogP contribution in [0.5, 0.6) is 0 Å². The van der Waals surface area contributed by atoms with E-state index in [1.54, 1.807) is 16.6 Å². The van der Waals surface area contributed by atoms with E-state index in [1.165, 1.54) is 26.2 Å². The van der Waals surface area contributed by atoms with Crippen LogP contribution in [0.2, 0.25) is 0 Å². The number of aliphatic hydroxyl groups is 1. The summed E-state index contributed by atoms with van der Waals surface area (Å²) in [6.45, 7) is 4.59. The second-order valence-electron chi connectivity index (χ2n) is 9.28. The summed E-state index contributed by atoms with van der Waals surface area (Å²) in [6, 6.07) is 9.56. The van der Waals surface area contributed by atoms with E-state index in [1.807, 2.05) is 12.1 Å². The SMILES string of the molecule is CC1CC(Nc2cc(-c3ccc4cc(C#N)cnn34)ncc2C(=O)NC[C@@H](F)C(C)(C)O)C1. The van der Waals surface area contributed by atoms with E-state index in [-0.39, 0.29) is 12.6 Å². The van der Waals surface area contributed by atoms with Gasteiger partial charge in [0.2, 0.25) is 0 Å². The van der Waals surface area contributed by atoms with Gasteiger partial charge in [0.15, 0.2) is 0 Å². The minimum Gasteiger partial charge on any atom is -0.387 e. The molecule has 1 atom stereocenters. The van der Waals surface area contributed by atoms with Gasteiger partial charge in [0, 0.05) is 12.2 Å². The second kappa shape index (κ2) is 8.79. The summed E-state index contributed by atoms with van der Waals surface area (Å²) in [7, 11) is 0. The van der Waals surface area contributed by atoms with Gasteiger partial charge in [-0.05, 0) is 56.9 Å². The number of halogens is 1. The monoisotopic (exact) mass is 450 g/mol. The van der Waals surface area contributed by atoms with Crippen molar-refractivity contribution in [2.24, 2.45) is 5.92 Å². The average Bonchev–Trinajstić information content (AvgIpc) is 3.18. The van der Waals surface area contributed by atoms with Crippen LogP contribution < -0.4 is 10.6 Å². The highest BCUT2D eigenvalue weighted by Gasteiger charge is 2.29. The fourth-order valence-corrected chi connectivity index (χ4v) is 3.92. The highest BCUT2D eigenvalue weighted by Crippen LogP contribution is 2.32. The van der Waals surface area contributed by atoms with Gasteiger partial charge in [-0.15, -0.1) is 0 Å². The standard InChI is InChI=1S/C24H27FN6O2/c1-14-6-16(7-14)30-19-9-20(21-5-4-17-8-15(10-26)11-29-31(17)21)27-12-18(19)23(32)28-13-22(25)24(2,3)33/h4-5,8-9,11-12,14,16,22,33H,6-7,13H2,1-3H3,(H,27,30)(H,28,32)/t14?,16?,22-/m1/s1. The maximum absolute atomic E-state index is 14.1. The molecule has 0 aliphatic heterocycles. The first-order valence-corrected chi connectivity index (χ1v) is 10.9. The predicted molar refractivity (Wildman–Crippen MR) is 122 cm³/mol. The second-order valence-corrected chi connectivity index (χ2v) is 9.28. The number of aromatic nitrogens is 3. The lowest BCUT2D eigenvalue weighted by Gasteiger charge is -2.34. The number of hydrogen-bond acceptors (Lipinski definition) is 6. The summed E-state index contributed by atoms with van der Waals surface area (Å²) in [4.78, 5) is 17.3. The van der Waals surface area contributed by atoms with Crippen LogP contribution in [0.3, 0.4) is 0 Å². The third-order valence-corrected chi connectivity index (χ3v) is 5.98. The Labute approximate surface area is 191 Å². The Morgan fingerprint density at radius 2 is 2.12 bits per heavy atom. The first-order valence-electron chi connectivity index (χ1n) is 10.9. The van der Waals surface area contributed by atoms with Crippen LogP contribution in [0, 0.1) is 17.2 Å². The van der Waals surface area contributed by atoms with Crippen LogP contribution in [-0.2, 0) is 0 Å². The Kier molecular flexibility index (Phi) is 6.04. The minimum absolute atomic E-state index is 0.243. The van der Waals surface area contributed by atoms with Crippen LogP contribution >= 0.6 is 0 Å². The molecule has 9 heteroatoms. The molecule has 0 unspecified atom stereocenters. The summed E-state index contributed by atoms with van der Waals surface area (Å²) in [6.07, 6.45) is 3.35. The van der Waals surface area contributed by atoms with Crippen molar-refractivity contribution in [2.75, 3.05) is 11.9 Å². The number of amides is 1. The summed E-state index contributed by atoms with van der Waals surface area (Å²) in [5, 5.41) is 29.2. The third kappa shape index (κ3) is 4.81. The van der Waals surface area contributed by atoms with Crippen LogP contribution in [-0.4, -0.2) is 50.0 Å². The number of fused-ring (bicyclic) bond motifs is 1. The van der Waals surface area contributed by atoms with Gasteiger partial charge in [0.25, 0.3) is 5.91 Å². The van der Waals surface area contributed by atoms with Crippen molar-refractivity contribution in [2.45, 2.75) is 51.4 Å². The van der Waals surface area contributed by atoms with Gasteiger partial charge in [-0.2, -0.15) is 10.4 Å². The van der Waals surface area contributed by atoms with Gasteiger partial charge in [0.1, 0.15) is 12.2 Å². The number of nitriles is 1. The molecule has 1 saturated carbocycles. The molecule has 0 spiro atoms. The van der Waals surface area contributed by atoms with Crippen molar-refractivity contribution >= 4 is 17.1 Å². The van der Waals surface area contributed by atoms with E-state index in [0.29, 0.717) is 28.4 Å². The zero-order valence-corrected chi connectivity index (χ0v) is 18.8.